The Morgan fingerprint density at radius 1 is 0.373 bits per heavy atom. The van der Waals surface area contributed by atoms with Gasteiger partial charge in [-0.15, -0.1) is 0 Å². The van der Waals surface area contributed by atoms with Crippen LogP contribution < -0.4 is 0 Å². The summed E-state index contributed by atoms with van der Waals surface area (Å²) in [6, 6.07) is 56.8. The summed E-state index contributed by atoms with van der Waals surface area (Å²) in [6.07, 6.45) is 4.08. The van der Waals surface area contributed by atoms with E-state index in [1.165, 1.54) is 64.8 Å². The molecule has 0 aliphatic carbocycles. The summed E-state index contributed by atoms with van der Waals surface area (Å²) >= 11 is 0.0900. The van der Waals surface area contributed by atoms with Crippen molar-refractivity contribution in [2.45, 2.75) is 0 Å². The predicted molar refractivity (Wildman–Crippen MR) is 214 cm³/mol. The van der Waals surface area contributed by atoms with Crippen LogP contribution in [0.1, 0.15) is 0 Å². The summed E-state index contributed by atoms with van der Waals surface area (Å²) < 4.78 is 7.15. The van der Waals surface area contributed by atoms with E-state index in [1.54, 1.807) is 0 Å². The summed E-state index contributed by atoms with van der Waals surface area (Å²) in [5, 5.41) is 6.14. The van der Waals surface area contributed by atoms with Crippen LogP contribution in [0, 0.1) is 0 Å². The monoisotopic (exact) mass is 716 g/mol. The normalized spacial score (nSPS) is 11.9. The van der Waals surface area contributed by atoms with Gasteiger partial charge in [0, 0.05) is 0 Å². The Labute approximate surface area is 299 Å². The van der Waals surface area contributed by atoms with Crippen LogP contribution in [0.5, 0.6) is 0 Å². The summed E-state index contributed by atoms with van der Waals surface area (Å²) in [6.45, 7) is 0. The van der Waals surface area contributed by atoms with Gasteiger partial charge in [-0.2, -0.15) is 0 Å². The van der Waals surface area contributed by atoms with Crippen molar-refractivity contribution in [3.63, 3.8) is 0 Å². The Morgan fingerprint density at radius 3 is 1.43 bits per heavy atom. The fourth-order valence-corrected chi connectivity index (χ4v) is 10.0. The van der Waals surface area contributed by atoms with E-state index >= 15 is 0 Å². The van der Waals surface area contributed by atoms with Gasteiger partial charge in [-0.25, -0.2) is 0 Å². The van der Waals surface area contributed by atoms with Crippen LogP contribution in [0.4, 0.5) is 0 Å². The van der Waals surface area contributed by atoms with E-state index < -0.39 is 0 Å². The summed E-state index contributed by atoms with van der Waals surface area (Å²) in [7, 11) is 0. The zero-order chi connectivity index (χ0) is 33.5. The van der Waals surface area contributed by atoms with Gasteiger partial charge < -0.3 is 0 Å². The average molecular weight is 716 g/mol. The van der Waals surface area contributed by atoms with Gasteiger partial charge in [-0.1, -0.05) is 6.07 Å². The molecule has 11 aromatic rings. The Bertz CT molecular complexity index is 3130. The van der Waals surface area contributed by atoms with Crippen molar-refractivity contribution in [2.75, 3.05) is 0 Å². The van der Waals surface area contributed by atoms with Gasteiger partial charge in [0.2, 0.25) is 0 Å². The molecule has 0 N–H and O–H groups in total. The summed E-state index contributed by atoms with van der Waals surface area (Å²) in [5.74, 6) is 0. The molecule has 0 aliphatic heterocycles. The molecule has 0 fully saturated rings. The molecule has 0 saturated carbocycles. The van der Waals surface area contributed by atoms with Crippen molar-refractivity contribution in [1.29, 1.82) is 0 Å². The van der Waals surface area contributed by atoms with E-state index in [1.807, 2.05) is 12.4 Å². The van der Waals surface area contributed by atoms with E-state index in [2.05, 4.69) is 167 Å². The number of fused-ring (bicyclic) bond motifs is 9. The molecule has 0 atom stereocenters. The van der Waals surface area contributed by atoms with E-state index in [0.717, 1.165) is 32.0 Å². The van der Waals surface area contributed by atoms with Crippen LogP contribution in [0.15, 0.2) is 170 Å². The number of para-hydroxylation sites is 4. The third-order valence-electron chi connectivity index (χ3n) is 10.2. The van der Waals surface area contributed by atoms with Crippen LogP contribution in [0.3, 0.4) is 0 Å². The first-order chi connectivity index (χ1) is 25.3. The second kappa shape index (κ2) is 11.1. The molecule has 0 amide bonds. The molecule has 5 aromatic heterocycles. The second-order valence-corrected chi connectivity index (χ2v) is 15.3. The molecule has 0 spiro atoms. The van der Waals surface area contributed by atoms with E-state index in [-0.39, 0.29) is 14.5 Å². The zero-order valence-corrected chi connectivity index (χ0v) is 29.1. The fraction of sp³-hybridized carbons (Fsp3) is 0. The topological polar surface area (TPSA) is 35.6 Å². The van der Waals surface area contributed by atoms with Gasteiger partial charge in [0.05, 0.1) is 0 Å². The molecule has 6 aromatic carbocycles. The first-order valence-electron chi connectivity index (χ1n) is 17.1. The third-order valence-corrected chi connectivity index (χ3v) is 12.4. The van der Waals surface area contributed by atoms with Crippen LogP contribution in [0.25, 0.3) is 96.8 Å². The Kier molecular flexibility index (Phi) is 6.23. The Hall–Kier alpha value is -6.26. The quantitative estimate of drug-likeness (QED) is 0.170. The standard InChI is InChI=1S/C46H28N4Se/c1-3-11-33(12-4-1)49-40-17-9-7-15-35(40)37-23-29(19-21-42(37)49)31-25-39-45-44(51-46(39)48-28-31)26-32(27-47-45)30-20-22-43-38(24-30)36-16-8-10-18-41(36)50(43)34-13-5-2-6-14-34/h1-28H. The maximum atomic E-state index is 5.10. The first-order valence-corrected chi connectivity index (χ1v) is 18.9. The van der Waals surface area contributed by atoms with Gasteiger partial charge in [-0.3, -0.25) is 0 Å². The molecule has 5 heterocycles. The van der Waals surface area contributed by atoms with Gasteiger partial charge >= 0.3 is 294 Å². The molecule has 0 aliphatic rings. The van der Waals surface area contributed by atoms with Gasteiger partial charge in [0.15, 0.2) is 0 Å². The molecule has 11 rings (SSSR count). The van der Waals surface area contributed by atoms with Crippen molar-refractivity contribution in [1.82, 2.24) is 19.1 Å². The predicted octanol–water partition coefficient (Wildman–Crippen LogP) is 11.4. The Balaban J connectivity index is 1.01. The van der Waals surface area contributed by atoms with Crippen LogP contribution >= 0.6 is 0 Å². The van der Waals surface area contributed by atoms with Crippen LogP contribution in [0.2, 0.25) is 0 Å². The molecule has 4 nitrogen and oxygen atoms in total. The molecule has 51 heavy (non-hydrogen) atoms. The maximum absolute atomic E-state index is 5.10. The number of aromatic nitrogens is 4. The number of nitrogens with zero attached hydrogens (tertiary/aromatic N) is 4. The summed E-state index contributed by atoms with van der Waals surface area (Å²) in [4.78, 5) is 10.1. The average Bonchev–Trinajstić information content (AvgIpc) is 3.85. The van der Waals surface area contributed by atoms with Crippen molar-refractivity contribution < 1.29 is 0 Å². The molecule has 5 heteroatoms. The van der Waals surface area contributed by atoms with E-state index in [0.29, 0.717) is 0 Å². The Morgan fingerprint density at radius 2 is 0.843 bits per heavy atom. The van der Waals surface area contributed by atoms with Crippen LogP contribution in [-0.4, -0.2) is 33.6 Å². The number of benzene rings is 6. The minimum atomic E-state index is 0.0900. The van der Waals surface area contributed by atoms with Crippen molar-refractivity contribution >= 4 is 77.7 Å². The molecule has 0 unspecified atom stereocenters. The van der Waals surface area contributed by atoms with E-state index in [4.69, 9.17) is 9.97 Å². The fourth-order valence-electron chi connectivity index (χ4n) is 7.86. The van der Waals surface area contributed by atoms with Crippen molar-refractivity contribution in [2.24, 2.45) is 0 Å². The molecular formula is C46H28N4Se. The zero-order valence-electron chi connectivity index (χ0n) is 27.4. The van der Waals surface area contributed by atoms with Crippen molar-refractivity contribution in [3.05, 3.63) is 170 Å². The first kappa shape index (κ1) is 28.6. The molecule has 238 valence electrons. The van der Waals surface area contributed by atoms with Gasteiger partial charge in [0.1, 0.15) is 0 Å². The minimum absolute atomic E-state index is 0.0900. The SMILES string of the molecule is c1ccc(-n2c3ccccc3c3cc(-c4cnc5c(c4)[se]c4ncc(-c6ccc7c(c6)c6ccccc6n7-c6ccccc6)cc45)ccc32)cc1. The molecular weight excluding hydrogens is 687 g/mol. The number of pyridine rings is 2. The number of hydrogen-bond acceptors (Lipinski definition) is 2. The van der Waals surface area contributed by atoms with Crippen LogP contribution in [-0.2, 0) is 0 Å². The number of rotatable bonds is 4. The third kappa shape index (κ3) is 4.39. The molecule has 0 bridgehead atoms. The summed E-state index contributed by atoms with van der Waals surface area (Å²) in [5.41, 5.74) is 12.8. The van der Waals surface area contributed by atoms with Crippen molar-refractivity contribution in [3.8, 4) is 33.6 Å². The second-order valence-electron chi connectivity index (χ2n) is 13.1. The molecule has 0 radical (unpaired) electrons. The van der Waals surface area contributed by atoms with Gasteiger partial charge in [-0.05, 0) is 0 Å². The number of hydrogen-bond donors (Lipinski definition) is 0. The van der Waals surface area contributed by atoms with Gasteiger partial charge in [0.25, 0.3) is 0 Å². The van der Waals surface area contributed by atoms with E-state index in [9.17, 15) is 0 Å². The molecule has 0 saturated heterocycles.